The number of anilines is 1. The maximum atomic E-state index is 11.9. The first-order valence-electron chi connectivity index (χ1n) is 6.10. The Balaban J connectivity index is 2.05. The first-order chi connectivity index (χ1) is 9.61. The molecule has 1 aromatic carbocycles. The minimum absolute atomic E-state index is 0.281. The van der Waals surface area contributed by atoms with Crippen LogP contribution in [0.15, 0.2) is 36.5 Å². The molecule has 2 aromatic rings. The number of benzene rings is 1. The van der Waals surface area contributed by atoms with E-state index in [2.05, 4.69) is 10.3 Å². The molecule has 0 unspecified atom stereocenters. The number of carbonyl (C=O) groups excluding carboxylic acids is 1. The monoisotopic (exact) mass is 266 g/mol. The number of carbonyl (C=O) groups is 1. The van der Waals surface area contributed by atoms with Crippen molar-refractivity contribution in [3.8, 4) is 6.07 Å². The summed E-state index contributed by atoms with van der Waals surface area (Å²) in [7, 11) is 0. The molecule has 0 saturated carbocycles. The van der Waals surface area contributed by atoms with Gasteiger partial charge in [0.25, 0.3) is 5.91 Å². The highest BCUT2D eigenvalue weighted by molar-refractivity contribution is 5.92. The molecule has 1 heterocycles. The van der Waals surface area contributed by atoms with Crippen LogP contribution in [0.3, 0.4) is 0 Å². The molecule has 2 rings (SSSR count). The van der Waals surface area contributed by atoms with Gasteiger partial charge in [0.15, 0.2) is 0 Å². The van der Waals surface area contributed by atoms with Gasteiger partial charge < -0.3 is 11.1 Å². The number of amides is 1. The van der Waals surface area contributed by atoms with Crippen molar-refractivity contribution in [3.05, 3.63) is 58.9 Å². The molecule has 0 saturated heterocycles. The van der Waals surface area contributed by atoms with Crippen molar-refractivity contribution < 1.29 is 4.79 Å². The van der Waals surface area contributed by atoms with E-state index < -0.39 is 0 Å². The van der Waals surface area contributed by atoms with Gasteiger partial charge in [-0.1, -0.05) is 12.1 Å². The van der Waals surface area contributed by atoms with Gasteiger partial charge in [-0.2, -0.15) is 5.26 Å². The average Bonchev–Trinajstić information content (AvgIpc) is 2.48. The smallest absolute Gasteiger partial charge is 0.270 e. The van der Waals surface area contributed by atoms with E-state index in [1.807, 2.05) is 31.2 Å². The Labute approximate surface area is 117 Å². The highest BCUT2D eigenvalue weighted by atomic mass is 16.1. The van der Waals surface area contributed by atoms with Crippen molar-refractivity contribution in [1.82, 2.24) is 10.3 Å². The van der Waals surface area contributed by atoms with Gasteiger partial charge in [0, 0.05) is 18.4 Å². The number of pyridine rings is 1. The molecular formula is C15H14N4O. The third-order valence-corrected chi connectivity index (χ3v) is 3.05. The van der Waals surface area contributed by atoms with Crippen molar-refractivity contribution in [1.29, 1.82) is 5.26 Å². The zero-order valence-corrected chi connectivity index (χ0v) is 11.1. The summed E-state index contributed by atoms with van der Waals surface area (Å²) < 4.78 is 0. The highest BCUT2D eigenvalue weighted by Crippen LogP contribution is 2.15. The van der Waals surface area contributed by atoms with Crippen LogP contribution in [0.4, 0.5) is 5.69 Å². The topological polar surface area (TPSA) is 91.8 Å². The summed E-state index contributed by atoms with van der Waals surface area (Å²) in [6, 6.07) is 10.6. The second-order valence-corrected chi connectivity index (χ2v) is 4.36. The van der Waals surface area contributed by atoms with Crippen molar-refractivity contribution in [2.75, 3.05) is 5.73 Å². The summed E-state index contributed by atoms with van der Waals surface area (Å²) in [5, 5.41) is 11.5. The molecule has 0 bridgehead atoms. The number of aromatic nitrogens is 1. The number of nitrogen functional groups attached to an aromatic ring is 1. The number of nitrogens with two attached hydrogens (primary N) is 1. The molecule has 5 heteroatoms. The molecule has 3 N–H and O–H groups in total. The van der Waals surface area contributed by atoms with E-state index in [-0.39, 0.29) is 11.6 Å². The van der Waals surface area contributed by atoms with Gasteiger partial charge in [-0.3, -0.25) is 4.79 Å². The molecule has 0 aliphatic heterocycles. The van der Waals surface area contributed by atoms with Crippen LogP contribution in [-0.4, -0.2) is 10.9 Å². The molecule has 5 nitrogen and oxygen atoms in total. The number of rotatable bonds is 3. The Morgan fingerprint density at radius 2 is 2.20 bits per heavy atom. The highest BCUT2D eigenvalue weighted by Gasteiger charge is 2.08. The number of nitrogens with one attached hydrogen (secondary N) is 1. The predicted octanol–water partition coefficient (Wildman–Crippen LogP) is 1.77. The van der Waals surface area contributed by atoms with Gasteiger partial charge in [0.1, 0.15) is 11.8 Å². The van der Waals surface area contributed by atoms with E-state index in [4.69, 9.17) is 11.0 Å². The van der Waals surface area contributed by atoms with Crippen molar-refractivity contribution in [3.63, 3.8) is 0 Å². The van der Waals surface area contributed by atoms with Crippen LogP contribution in [0, 0.1) is 18.3 Å². The lowest BCUT2D eigenvalue weighted by atomic mass is 10.1. The fraction of sp³-hybridized carbons (Fsp3) is 0.133. The third kappa shape index (κ3) is 2.93. The number of nitriles is 1. The van der Waals surface area contributed by atoms with Crippen LogP contribution in [0.2, 0.25) is 0 Å². The second-order valence-electron chi connectivity index (χ2n) is 4.36. The zero-order chi connectivity index (χ0) is 14.5. The second kappa shape index (κ2) is 5.85. The van der Waals surface area contributed by atoms with Crippen LogP contribution in [-0.2, 0) is 6.54 Å². The zero-order valence-electron chi connectivity index (χ0n) is 11.1. The fourth-order valence-corrected chi connectivity index (χ4v) is 1.76. The number of nitrogens with zero attached hydrogens (tertiary/aromatic N) is 2. The number of hydrogen-bond donors (Lipinski definition) is 2. The van der Waals surface area contributed by atoms with Gasteiger partial charge in [-0.15, -0.1) is 0 Å². The lowest BCUT2D eigenvalue weighted by Crippen LogP contribution is -2.24. The van der Waals surface area contributed by atoms with Crippen LogP contribution >= 0.6 is 0 Å². The Morgan fingerprint density at radius 1 is 1.40 bits per heavy atom. The molecule has 0 atom stereocenters. The van der Waals surface area contributed by atoms with Gasteiger partial charge in [-0.05, 0) is 36.2 Å². The first-order valence-corrected chi connectivity index (χ1v) is 6.10. The van der Waals surface area contributed by atoms with E-state index in [0.29, 0.717) is 17.8 Å². The summed E-state index contributed by atoms with van der Waals surface area (Å²) in [6.07, 6.45) is 1.38. The van der Waals surface area contributed by atoms with Crippen molar-refractivity contribution >= 4 is 11.6 Å². The third-order valence-electron chi connectivity index (χ3n) is 3.05. The summed E-state index contributed by atoms with van der Waals surface area (Å²) in [4.78, 5) is 15.9. The van der Waals surface area contributed by atoms with E-state index in [0.717, 1.165) is 11.1 Å². The fourth-order valence-electron chi connectivity index (χ4n) is 1.76. The SMILES string of the molecule is Cc1c(N)cccc1CNC(=O)c1ccc(C#N)cn1. The van der Waals surface area contributed by atoms with Gasteiger partial charge >= 0.3 is 0 Å². The molecule has 1 amide bonds. The molecule has 0 aliphatic carbocycles. The normalized spacial score (nSPS) is 9.80. The van der Waals surface area contributed by atoms with E-state index in [1.54, 1.807) is 6.07 Å². The maximum absolute atomic E-state index is 11.9. The largest absolute Gasteiger partial charge is 0.399 e. The quantitative estimate of drug-likeness (QED) is 0.828. The summed E-state index contributed by atoms with van der Waals surface area (Å²) >= 11 is 0. The van der Waals surface area contributed by atoms with E-state index in [9.17, 15) is 4.79 Å². The Hall–Kier alpha value is -2.87. The standard InChI is InChI=1S/C15H14N4O/c1-10-12(3-2-4-13(10)17)9-19-15(20)14-6-5-11(7-16)8-18-14/h2-6,8H,9,17H2,1H3,(H,19,20). The number of hydrogen-bond acceptors (Lipinski definition) is 4. The van der Waals surface area contributed by atoms with Crippen molar-refractivity contribution in [2.24, 2.45) is 0 Å². The van der Waals surface area contributed by atoms with Crippen molar-refractivity contribution in [2.45, 2.75) is 13.5 Å². The minimum atomic E-state index is -0.281. The molecule has 100 valence electrons. The minimum Gasteiger partial charge on any atom is -0.399 e. The maximum Gasteiger partial charge on any atom is 0.270 e. The summed E-state index contributed by atoms with van der Waals surface area (Å²) in [5.41, 5.74) is 9.15. The van der Waals surface area contributed by atoms with Crippen LogP contribution in [0.1, 0.15) is 27.2 Å². The average molecular weight is 266 g/mol. The van der Waals surface area contributed by atoms with Crippen LogP contribution in [0.5, 0.6) is 0 Å². The summed E-state index contributed by atoms with van der Waals surface area (Å²) in [5.74, 6) is -0.281. The lowest BCUT2D eigenvalue weighted by molar-refractivity contribution is 0.0946. The molecule has 0 spiro atoms. The van der Waals surface area contributed by atoms with Gasteiger partial charge in [0.05, 0.1) is 5.56 Å². The molecular weight excluding hydrogens is 252 g/mol. The Morgan fingerprint density at radius 3 is 2.85 bits per heavy atom. The Kier molecular flexibility index (Phi) is 3.96. The van der Waals surface area contributed by atoms with E-state index in [1.165, 1.54) is 12.3 Å². The molecule has 0 radical (unpaired) electrons. The summed E-state index contributed by atoms with van der Waals surface area (Å²) in [6.45, 7) is 2.30. The lowest BCUT2D eigenvalue weighted by Gasteiger charge is -2.09. The molecule has 20 heavy (non-hydrogen) atoms. The van der Waals surface area contributed by atoms with E-state index >= 15 is 0 Å². The predicted molar refractivity (Wildman–Crippen MR) is 75.7 cm³/mol. The molecule has 0 fully saturated rings. The molecule has 0 aliphatic rings. The first kappa shape index (κ1) is 13.6. The van der Waals surface area contributed by atoms with Crippen LogP contribution < -0.4 is 11.1 Å². The Bertz CT molecular complexity index is 671. The molecule has 1 aromatic heterocycles. The van der Waals surface area contributed by atoms with Gasteiger partial charge in [-0.25, -0.2) is 4.98 Å². The van der Waals surface area contributed by atoms with Crippen LogP contribution in [0.25, 0.3) is 0 Å². The van der Waals surface area contributed by atoms with Gasteiger partial charge in [0.2, 0.25) is 0 Å².